The van der Waals surface area contributed by atoms with E-state index in [2.05, 4.69) is 35.1 Å². The van der Waals surface area contributed by atoms with Crippen molar-refractivity contribution in [1.29, 1.82) is 0 Å². The van der Waals surface area contributed by atoms with Gasteiger partial charge in [-0.25, -0.2) is 14.2 Å². The zero-order valence-corrected chi connectivity index (χ0v) is 21.4. The second kappa shape index (κ2) is 11.8. The molecule has 13 nitrogen and oxygen atoms in total. The number of benzene rings is 1. The molecule has 1 amide bonds. The molecule has 5 N–H and O–H groups in total. The molecule has 3 rings (SSSR count). The molecular weight excluding hydrogens is 549 g/mol. The van der Waals surface area contributed by atoms with Crippen molar-refractivity contribution < 1.29 is 45.0 Å². The lowest BCUT2D eigenvalue weighted by Gasteiger charge is -2.19. The summed E-state index contributed by atoms with van der Waals surface area (Å²) in [5.41, 5.74) is 0.212. The number of nitrogens with zero attached hydrogens (tertiary/aromatic N) is 3. The van der Waals surface area contributed by atoms with Crippen molar-refractivity contribution in [2.24, 2.45) is 0 Å². The summed E-state index contributed by atoms with van der Waals surface area (Å²) in [5.74, 6) is -1.84. The lowest BCUT2D eigenvalue weighted by Crippen LogP contribution is -2.35. The largest absolute Gasteiger partial charge is 0.481 e. The predicted octanol–water partition coefficient (Wildman–Crippen LogP) is 3.12. The van der Waals surface area contributed by atoms with E-state index >= 15 is 0 Å². The average Bonchev–Trinajstić information content (AvgIpc) is 2.84. The summed E-state index contributed by atoms with van der Waals surface area (Å²) >= 11 is 0. The minimum absolute atomic E-state index is 0.0746. The first kappa shape index (κ1) is 29.5. The van der Waals surface area contributed by atoms with Crippen LogP contribution in [0.15, 0.2) is 36.7 Å². The third-order valence-corrected chi connectivity index (χ3v) is 5.49. The van der Waals surface area contributed by atoms with E-state index in [1.54, 1.807) is 13.8 Å². The number of rotatable bonds is 10. The Morgan fingerprint density at radius 3 is 2.41 bits per heavy atom. The number of carbonyl (C=O) groups is 1. The Bertz CT molecular complexity index is 1470. The highest BCUT2D eigenvalue weighted by atomic mass is 32.3. The van der Waals surface area contributed by atoms with Crippen LogP contribution in [0, 0.1) is 13.8 Å². The molecule has 1 atom stereocenters. The Morgan fingerprint density at radius 2 is 1.79 bits per heavy atom. The van der Waals surface area contributed by atoms with Crippen LogP contribution in [0.2, 0.25) is 0 Å². The Hall–Kier alpha value is -4.06. The van der Waals surface area contributed by atoms with Crippen molar-refractivity contribution >= 4 is 45.1 Å². The average molecular weight is 573 g/mol. The third-order valence-electron chi connectivity index (χ3n) is 5.01. The van der Waals surface area contributed by atoms with Gasteiger partial charge < -0.3 is 25.8 Å². The number of nitrogens with one attached hydrogen (secondary N) is 3. The maximum Gasteiger partial charge on any atom is 0.421 e. The summed E-state index contributed by atoms with van der Waals surface area (Å²) in [5, 5.41) is 16.9. The van der Waals surface area contributed by atoms with Crippen molar-refractivity contribution in [3.8, 4) is 5.88 Å². The number of hydrogen-bond acceptors (Lipinski definition) is 11. The molecule has 0 aliphatic rings. The minimum atomic E-state index is -5.10. The molecule has 39 heavy (non-hydrogen) atoms. The highest BCUT2D eigenvalue weighted by Gasteiger charge is 2.36. The van der Waals surface area contributed by atoms with Crippen LogP contribution in [0.3, 0.4) is 0 Å². The van der Waals surface area contributed by atoms with Gasteiger partial charge in [0.25, 0.3) is 5.91 Å². The molecular formula is C22H23F3N6O7S. The molecule has 1 aromatic carbocycles. The minimum Gasteiger partial charge on any atom is -0.481 e. The molecule has 0 saturated heterocycles. The van der Waals surface area contributed by atoms with Gasteiger partial charge in [-0.15, -0.1) is 0 Å². The summed E-state index contributed by atoms with van der Waals surface area (Å²) in [6.07, 6.45) is -4.85. The van der Waals surface area contributed by atoms with Crippen LogP contribution in [-0.4, -0.2) is 58.8 Å². The zero-order chi connectivity index (χ0) is 29.0. The fraction of sp³-hybridized carbons (Fsp3) is 0.273. The summed E-state index contributed by atoms with van der Waals surface area (Å²) in [7, 11) is -3.70. The normalized spacial score (nSPS) is 12.5. The van der Waals surface area contributed by atoms with Gasteiger partial charge in [-0.1, -0.05) is 6.07 Å². The number of amides is 1. The van der Waals surface area contributed by atoms with Gasteiger partial charge in [0.05, 0.1) is 30.8 Å². The van der Waals surface area contributed by atoms with Crippen molar-refractivity contribution in [3.63, 3.8) is 0 Å². The van der Waals surface area contributed by atoms with E-state index < -0.39 is 46.6 Å². The van der Waals surface area contributed by atoms with Crippen LogP contribution in [0.5, 0.6) is 5.88 Å². The third kappa shape index (κ3) is 7.96. The maximum atomic E-state index is 13.8. The quantitative estimate of drug-likeness (QED) is 0.224. The number of aliphatic hydroxyl groups is 1. The Kier molecular flexibility index (Phi) is 8.90. The summed E-state index contributed by atoms with van der Waals surface area (Å²) in [6.45, 7) is 2.19. The van der Waals surface area contributed by atoms with Crippen molar-refractivity contribution in [3.05, 3.63) is 53.3 Å². The molecule has 1 unspecified atom stereocenters. The van der Waals surface area contributed by atoms with E-state index in [1.165, 1.54) is 37.6 Å². The number of alkyl halides is 3. The van der Waals surface area contributed by atoms with Gasteiger partial charge in [0, 0.05) is 18.5 Å². The smallest absolute Gasteiger partial charge is 0.421 e. The van der Waals surface area contributed by atoms with E-state index in [0.29, 0.717) is 23.0 Å². The first-order chi connectivity index (χ1) is 18.2. The molecule has 0 spiro atoms. The summed E-state index contributed by atoms with van der Waals surface area (Å²) < 4.78 is 81.3. The molecule has 17 heteroatoms. The maximum absolute atomic E-state index is 13.8. The van der Waals surface area contributed by atoms with Crippen LogP contribution in [0.1, 0.15) is 16.7 Å². The second-order valence-electron chi connectivity index (χ2n) is 7.98. The second-order valence-corrected chi connectivity index (χ2v) is 9.03. The number of halogens is 3. The first-order valence-corrected chi connectivity index (χ1v) is 12.2. The van der Waals surface area contributed by atoms with Gasteiger partial charge in [-0.3, -0.25) is 9.35 Å². The van der Waals surface area contributed by atoms with Crippen molar-refractivity contribution in [2.75, 3.05) is 29.7 Å². The van der Waals surface area contributed by atoms with Crippen LogP contribution in [-0.2, 0) is 25.6 Å². The van der Waals surface area contributed by atoms with Crippen molar-refractivity contribution in [2.45, 2.75) is 26.1 Å². The van der Waals surface area contributed by atoms with E-state index in [0.717, 1.165) is 0 Å². The van der Waals surface area contributed by atoms with E-state index in [4.69, 9.17) is 9.29 Å². The number of aromatic nitrogens is 3. The van der Waals surface area contributed by atoms with E-state index in [1.807, 2.05) is 0 Å². The molecule has 210 valence electrons. The molecule has 0 saturated carbocycles. The summed E-state index contributed by atoms with van der Waals surface area (Å²) in [4.78, 5) is 24.2. The SMILES string of the molecule is COc1cc(Nc2ncc(C(F)(F)F)c(Nc3ccc(C)cc3NC(=O)C(CO)OS(=O)(=O)O)n2)c(C)cn1. The van der Waals surface area contributed by atoms with Gasteiger partial charge >= 0.3 is 16.6 Å². The Balaban J connectivity index is 1.99. The molecule has 2 aromatic heterocycles. The molecule has 0 bridgehead atoms. The Morgan fingerprint density at radius 1 is 1.08 bits per heavy atom. The number of carbonyl (C=O) groups excluding carboxylic acids is 1. The van der Waals surface area contributed by atoms with Crippen molar-refractivity contribution in [1.82, 2.24) is 15.0 Å². The fourth-order valence-electron chi connectivity index (χ4n) is 3.13. The van der Waals surface area contributed by atoms with Crippen LogP contribution in [0.25, 0.3) is 0 Å². The number of ether oxygens (including phenoxy) is 1. The molecule has 2 heterocycles. The number of methoxy groups -OCH3 is 1. The summed E-state index contributed by atoms with van der Waals surface area (Å²) in [6, 6.07) is 5.73. The molecule has 0 aliphatic heterocycles. The number of anilines is 5. The van der Waals surface area contributed by atoms with E-state index in [9.17, 15) is 31.5 Å². The number of hydrogen-bond donors (Lipinski definition) is 5. The van der Waals surface area contributed by atoms with Gasteiger partial charge in [-0.2, -0.15) is 26.6 Å². The monoisotopic (exact) mass is 572 g/mol. The zero-order valence-electron chi connectivity index (χ0n) is 20.6. The Labute approximate surface area is 220 Å². The van der Waals surface area contributed by atoms with Crippen LogP contribution >= 0.6 is 0 Å². The molecule has 0 radical (unpaired) electrons. The van der Waals surface area contributed by atoms with Crippen LogP contribution in [0.4, 0.5) is 42.0 Å². The molecule has 0 aliphatic carbocycles. The lowest BCUT2D eigenvalue weighted by molar-refractivity contribution is -0.137. The highest BCUT2D eigenvalue weighted by molar-refractivity contribution is 7.80. The molecule has 3 aromatic rings. The lowest BCUT2D eigenvalue weighted by atomic mass is 10.1. The van der Waals surface area contributed by atoms with Crippen LogP contribution < -0.4 is 20.7 Å². The standard InChI is InChI=1S/C22H23F3N6O7S/c1-11-4-5-14(16(6-11)29-20(33)17(10-32)38-39(34,35)36)28-19-13(22(23,24)25)9-27-21(31-19)30-15-7-18(37-3)26-8-12(15)2/h4-9,17,32H,10H2,1-3H3,(H,29,33)(H,34,35,36)(H2,26,27,28,30,31). The highest BCUT2D eigenvalue weighted by Crippen LogP contribution is 2.37. The van der Waals surface area contributed by atoms with Gasteiger partial charge in [-0.05, 0) is 37.1 Å². The van der Waals surface area contributed by atoms with Gasteiger partial charge in [0.1, 0.15) is 11.4 Å². The van der Waals surface area contributed by atoms with Gasteiger partial charge in [0.2, 0.25) is 11.8 Å². The van der Waals surface area contributed by atoms with Gasteiger partial charge in [0.15, 0.2) is 6.10 Å². The fourth-order valence-corrected chi connectivity index (χ4v) is 3.57. The first-order valence-electron chi connectivity index (χ1n) is 10.9. The number of aliphatic hydroxyl groups excluding tert-OH is 1. The number of aryl methyl sites for hydroxylation is 2. The van der Waals surface area contributed by atoms with E-state index in [-0.39, 0.29) is 23.2 Å². The molecule has 0 fully saturated rings. The number of pyridine rings is 1. The topological polar surface area (TPSA) is 185 Å². The predicted molar refractivity (Wildman–Crippen MR) is 132 cm³/mol.